The lowest BCUT2D eigenvalue weighted by Gasteiger charge is -2.17. The summed E-state index contributed by atoms with van der Waals surface area (Å²) in [6.45, 7) is 2.44. The first-order valence-corrected chi connectivity index (χ1v) is 15.8. The summed E-state index contributed by atoms with van der Waals surface area (Å²) in [7, 11) is -7.94. The van der Waals surface area contributed by atoms with E-state index in [0.29, 0.717) is 27.2 Å². The molecule has 0 aliphatic carbocycles. The number of hydrogen-bond acceptors (Lipinski definition) is 7. The predicted molar refractivity (Wildman–Crippen MR) is 154 cm³/mol. The Morgan fingerprint density at radius 1 is 0.923 bits per heavy atom. The third-order valence-electron chi connectivity index (χ3n) is 6.38. The van der Waals surface area contributed by atoms with Crippen LogP contribution < -0.4 is 5.73 Å². The summed E-state index contributed by atoms with van der Waals surface area (Å²) in [5.41, 5.74) is 13.0. The zero-order chi connectivity index (χ0) is 27.9. The van der Waals surface area contributed by atoms with E-state index in [1.54, 1.807) is 24.4 Å². The van der Waals surface area contributed by atoms with E-state index in [2.05, 4.69) is 9.97 Å². The summed E-state index contributed by atoms with van der Waals surface area (Å²) in [6, 6.07) is 18.6. The molecule has 3 N–H and O–H groups in total. The number of nitrogens with zero attached hydrogens (tertiary/aromatic N) is 4. The van der Waals surface area contributed by atoms with Gasteiger partial charge in [-0.3, -0.25) is 4.68 Å². The highest BCUT2D eigenvalue weighted by atomic mass is 32.3. The van der Waals surface area contributed by atoms with E-state index in [4.69, 9.17) is 10.8 Å². The molecule has 0 unspecified atom stereocenters. The van der Waals surface area contributed by atoms with E-state index in [0.717, 1.165) is 51.5 Å². The Morgan fingerprint density at radius 3 is 2.31 bits per heavy atom. The Balaban J connectivity index is 1.58. The van der Waals surface area contributed by atoms with Gasteiger partial charge in [-0.25, -0.2) is 21.8 Å². The molecule has 5 aromatic rings. The van der Waals surface area contributed by atoms with Gasteiger partial charge in [-0.2, -0.15) is 5.10 Å². The molecule has 3 aromatic heterocycles. The van der Waals surface area contributed by atoms with E-state index < -0.39 is 20.0 Å². The number of hydrogen-bond donors (Lipinski definition) is 2. The molecule has 5 rings (SSSR count). The number of rotatable bonds is 8. The van der Waals surface area contributed by atoms with Crippen molar-refractivity contribution in [2.75, 3.05) is 18.2 Å². The normalized spacial score (nSPS) is 12.4. The van der Waals surface area contributed by atoms with Crippen LogP contribution in [0.15, 0.2) is 73.1 Å². The van der Waals surface area contributed by atoms with Gasteiger partial charge < -0.3 is 10.7 Å². The summed E-state index contributed by atoms with van der Waals surface area (Å²) in [4.78, 5) is 7.87. The van der Waals surface area contributed by atoms with Crippen LogP contribution in [0.4, 0.5) is 5.69 Å². The van der Waals surface area contributed by atoms with Gasteiger partial charge >= 0.3 is 0 Å². The fourth-order valence-corrected chi connectivity index (χ4v) is 7.25. The topological polar surface area (TPSA) is 144 Å². The second-order valence-electron chi connectivity index (χ2n) is 9.33. The van der Waals surface area contributed by atoms with Crippen molar-refractivity contribution in [3.05, 3.63) is 78.6 Å². The molecule has 202 valence electrons. The molecule has 0 atom stereocenters. The lowest BCUT2D eigenvalue weighted by atomic mass is 10.00. The Bertz CT molecular complexity index is 1860. The molecule has 0 amide bonds. The number of fused-ring (bicyclic) bond motifs is 1. The van der Waals surface area contributed by atoms with E-state index in [-0.39, 0.29) is 6.54 Å². The van der Waals surface area contributed by atoms with Crippen LogP contribution in [0.2, 0.25) is 0 Å². The summed E-state index contributed by atoms with van der Waals surface area (Å²) < 4.78 is 50.8. The van der Waals surface area contributed by atoms with Crippen LogP contribution in [-0.4, -0.2) is 52.8 Å². The molecule has 0 aliphatic heterocycles. The lowest BCUT2D eigenvalue weighted by Crippen LogP contribution is -2.34. The molecule has 0 saturated carbocycles. The number of nitrogens with one attached hydrogen (secondary N) is 1. The largest absolute Gasteiger partial charge is 0.399 e. The molecule has 0 saturated heterocycles. The van der Waals surface area contributed by atoms with Gasteiger partial charge in [0.1, 0.15) is 11.3 Å². The van der Waals surface area contributed by atoms with Gasteiger partial charge in [-0.05, 0) is 53.9 Å². The van der Waals surface area contributed by atoms with Crippen LogP contribution in [0.1, 0.15) is 12.5 Å². The first-order valence-electron chi connectivity index (χ1n) is 12.1. The minimum Gasteiger partial charge on any atom is -0.399 e. The SMILES string of the molecule is CCn1cc(-c2ccnc3[nH]c(-c4cccc(CN(S(C)(=O)=O)S(C)(=O)=O)c4)cc23)c(-c2ccc(N)cc2)n1. The van der Waals surface area contributed by atoms with Gasteiger partial charge in [0, 0.05) is 46.8 Å². The Kier molecular flexibility index (Phi) is 6.79. The zero-order valence-electron chi connectivity index (χ0n) is 21.7. The number of benzene rings is 2. The minimum absolute atomic E-state index is 0.295. The second kappa shape index (κ2) is 9.95. The quantitative estimate of drug-likeness (QED) is 0.270. The smallest absolute Gasteiger partial charge is 0.224 e. The van der Waals surface area contributed by atoms with Crippen LogP contribution >= 0.6 is 0 Å². The second-order valence-corrected chi connectivity index (χ2v) is 13.4. The molecule has 0 aliphatic rings. The maximum absolute atomic E-state index is 12.1. The van der Waals surface area contributed by atoms with Crippen molar-refractivity contribution < 1.29 is 16.8 Å². The van der Waals surface area contributed by atoms with Crippen LogP contribution in [0.3, 0.4) is 0 Å². The highest BCUT2D eigenvalue weighted by Crippen LogP contribution is 2.37. The molecular formula is C27H28N6O4S2. The number of aryl methyl sites for hydroxylation is 1. The standard InChI is InChI=1S/C27H28N6O4S2/c1-4-32-17-24(26(31-32)19-8-10-21(28)11-9-19)22-12-13-29-27-23(22)15-25(30-27)20-7-5-6-18(14-20)16-33(38(2,34)35)39(3,36)37/h5-15,17H,4,16,28H2,1-3H3,(H,29,30). The van der Waals surface area contributed by atoms with Crippen LogP contribution in [0.5, 0.6) is 0 Å². The molecule has 2 aromatic carbocycles. The molecule has 0 fully saturated rings. The van der Waals surface area contributed by atoms with Crippen molar-refractivity contribution >= 4 is 36.8 Å². The van der Waals surface area contributed by atoms with Crippen LogP contribution in [-0.2, 0) is 33.1 Å². The summed E-state index contributed by atoms with van der Waals surface area (Å²) in [6.07, 6.45) is 5.50. The third-order valence-corrected chi connectivity index (χ3v) is 9.74. The number of nitrogen functional groups attached to an aromatic ring is 1. The van der Waals surface area contributed by atoms with E-state index in [1.807, 2.05) is 60.3 Å². The molecule has 0 bridgehead atoms. The van der Waals surface area contributed by atoms with Crippen molar-refractivity contribution in [3.63, 3.8) is 0 Å². The monoisotopic (exact) mass is 564 g/mol. The number of pyridine rings is 1. The lowest BCUT2D eigenvalue weighted by molar-refractivity contribution is 0.503. The summed E-state index contributed by atoms with van der Waals surface area (Å²) in [5, 5.41) is 5.69. The fraction of sp³-hybridized carbons (Fsp3) is 0.185. The van der Waals surface area contributed by atoms with Crippen molar-refractivity contribution in [1.29, 1.82) is 0 Å². The van der Waals surface area contributed by atoms with E-state index in [1.165, 1.54) is 0 Å². The number of nitrogens with two attached hydrogens (primary N) is 1. The fourth-order valence-electron chi connectivity index (χ4n) is 4.52. The first-order chi connectivity index (χ1) is 18.4. The average molecular weight is 565 g/mol. The van der Waals surface area contributed by atoms with Gasteiger partial charge in [0.05, 0.1) is 19.1 Å². The van der Waals surface area contributed by atoms with E-state index >= 15 is 0 Å². The predicted octanol–water partition coefficient (Wildman–Crippen LogP) is 4.08. The summed E-state index contributed by atoms with van der Waals surface area (Å²) >= 11 is 0. The van der Waals surface area contributed by atoms with E-state index in [9.17, 15) is 16.8 Å². The molecule has 0 radical (unpaired) electrons. The number of anilines is 1. The maximum Gasteiger partial charge on any atom is 0.224 e. The maximum atomic E-state index is 12.1. The molecule has 39 heavy (non-hydrogen) atoms. The molecule has 3 heterocycles. The highest BCUT2D eigenvalue weighted by molar-refractivity contribution is 8.03. The van der Waals surface area contributed by atoms with Gasteiger partial charge in [0.25, 0.3) is 0 Å². The van der Waals surface area contributed by atoms with Gasteiger partial charge in [0.2, 0.25) is 20.0 Å². The minimum atomic E-state index is -3.97. The average Bonchev–Trinajstić information content (AvgIpc) is 3.51. The third kappa shape index (κ3) is 5.44. The van der Waals surface area contributed by atoms with Crippen molar-refractivity contribution in [3.8, 4) is 33.6 Å². The molecular weight excluding hydrogens is 536 g/mol. The summed E-state index contributed by atoms with van der Waals surface area (Å²) in [5.74, 6) is 0. The molecule has 0 spiro atoms. The van der Waals surface area contributed by atoms with Gasteiger partial charge in [-0.1, -0.05) is 34.0 Å². The Morgan fingerprint density at radius 2 is 1.64 bits per heavy atom. The van der Waals surface area contributed by atoms with Gasteiger partial charge in [-0.15, -0.1) is 0 Å². The van der Waals surface area contributed by atoms with Crippen molar-refractivity contribution in [2.45, 2.75) is 20.0 Å². The van der Waals surface area contributed by atoms with Gasteiger partial charge in [0.15, 0.2) is 0 Å². The Labute approximate surface area is 227 Å². The number of H-pyrrole nitrogens is 1. The van der Waals surface area contributed by atoms with Crippen molar-refractivity contribution in [2.24, 2.45) is 0 Å². The first kappa shape index (κ1) is 26.6. The highest BCUT2D eigenvalue weighted by Gasteiger charge is 2.27. The zero-order valence-corrected chi connectivity index (χ0v) is 23.3. The van der Waals surface area contributed by atoms with Crippen LogP contribution in [0, 0.1) is 0 Å². The molecule has 10 nitrogen and oxygen atoms in total. The number of aromatic amines is 1. The number of sulfonamides is 2. The molecule has 12 heteroatoms. The van der Waals surface area contributed by atoms with Crippen LogP contribution in [0.25, 0.3) is 44.7 Å². The Hall–Kier alpha value is -4.00. The number of aromatic nitrogens is 4. The van der Waals surface area contributed by atoms with Crippen molar-refractivity contribution in [1.82, 2.24) is 23.5 Å².